The minimum atomic E-state index is -0.762. The van der Waals surface area contributed by atoms with E-state index in [1.165, 1.54) is 0 Å². The van der Waals surface area contributed by atoms with Gasteiger partial charge in [-0.3, -0.25) is 4.79 Å². The predicted molar refractivity (Wildman–Crippen MR) is 139 cm³/mol. The first kappa shape index (κ1) is 28.8. The number of carbonyl (C=O) groups excluding carboxylic acids is 1. The number of aliphatic carboxylic acids is 1. The van der Waals surface area contributed by atoms with Gasteiger partial charge in [0.15, 0.2) is 0 Å². The summed E-state index contributed by atoms with van der Waals surface area (Å²) in [6.07, 6.45) is 4.31. The van der Waals surface area contributed by atoms with Gasteiger partial charge in [-0.05, 0) is 64.5 Å². The summed E-state index contributed by atoms with van der Waals surface area (Å²) in [4.78, 5) is 30.0. The number of amides is 1. The molecule has 10 nitrogen and oxygen atoms in total. The fraction of sp³-hybridized carbons (Fsp3) is 0.609. The van der Waals surface area contributed by atoms with E-state index >= 15 is 0 Å². The van der Waals surface area contributed by atoms with Crippen molar-refractivity contribution in [1.29, 1.82) is 0 Å². The molecule has 1 amide bonds. The number of aryl methyl sites for hydroxylation is 2. The van der Waals surface area contributed by atoms with Gasteiger partial charge >= 0.3 is 12.1 Å². The van der Waals surface area contributed by atoms with Crippen molar-refractivity contribution < 1.29 is 24.2 Å². The highest BCUT2D eigenvalue weighted by atomic mass is 32.1. The van der Waals surface area contributed by atoms with Crippen molar-refractivity contribution in [3.8, 4) is 17.1 Å². The van der Waals surface area contributed by atoms with Gasteiger partial charge < -0.3 is 19.5 Å². The number of carboxylic acid groups (broad SMARTS) is 1. The second-order valence-electron chi connectivity index (χ2n) is 9.34. The molecule has 2 aromatic heterocycles. The second kappa shape index (κ2) is 11.5. The SMILES string of the molecule is Cc1nc(-c2nnn(C)c2COC(=O)N(C)C2(C)CC2)ccc1O[C@H]1CCC[C@H](C(=O)O)C1.S.S. The fourth-order valence-electron chi connectivity index (χ4n) is 4.16. The minimum Gasteiger partial charge on any atom is -0.489 e. The van der Waals surface area contributed by atoms with Crippen molar-refractivity contribution in [1.82, 2.24) is 24.9 Å². The molecule has 2 heterocycles. The van der Waals surface area contributed by atoms with E-state index < -0.39 is 5.97 Å². The Morgan fingerprint density at radius 2 is 1.97 bits per heavy atom. The Hall–Kier alpha value is -2.47. The summed E-state index contributed by atoms with van der Waals surface area (Å²) in [6.45, 7) is 3.92. The molecule has 0 spiro atoms. The van der Waals surface area contributed by atoms with Gasteiger partial charge in [0.1, 0.15) is 23.7 Å². The molecule has 0 unspecified atom stereocenters. The number of carboxylic acids is 1. The van der Waals surface area contributed by atoms with Crippen LogP contribution in [0.25, 0.3) is 11.4 Å². The maximum atomic E-state index is 12.4. The molecule has 0 radical (unpaired) electrons. The topological polar surface area (TPSA) is 120 Å². The molecule has 2 aromatic rings. The van der Waals surface area contributed by atoms with E-state index in [1.807, 2.05) is 19.9 Å². The summed E-state index contributed by atoms with van der Waals surface area (Å²) in [5.41, 5.74) is 2.37. The normalized spacial score (nSPS) is 20.1. The van der Waals surface area contributed by atoms with Crippen LogP contribution < -0.4 is 4.74 Å². The van der Waals surface area contributed by atoms with Crippen LogP contribution in [0.3, 0.4) is 0 Å². The maximum absolute atomic E-state index is 12.4. The third kappa shape index (κ3) is 6.40. The number of aromatic nitrogens is 4. The number of ether oxygens (including phenoxy) is 2. The minimum absolute atomic E-state index is 0. The van der Waals surface area contributed by atoms with Crippen LogP contribution in [0, 0.1) is 12.8 Å². The van der Waals surface area contributed by atoms with Crippen molar-refractivity contribution in [3.63, 3.8) is 0 Å². The van der Waals surface area contributed by atoms with Crippen molar-refractivity contribution in [2.24, 2.45) is 13.0 Å². The van der Waals surface area contributed by atoms with Crippen LogP contribution in [0.5, 0.6) is 5.75 Å². The summed E-state index contributed by atoms with van der Waals surface area (Å²) in [7, 11) is 3.50. The Balaban J connectivity index is 0.00000216. The number of rotatable bonds is 7. The lowest BCUT2D eigenvalue weighted by molar-refractivity contribution is -0.143. The third-order valence-corrected chi connectivity index (χ3v) is 6.88. The molecule has 2 saturated carbocycles. The van der Waals surface area contributed by atoms with Crippen LogP contribution in [-0.2, 0) is 23.2 Å². The quantitative estimate of drug-likeness (QED) is 0.583. The lowest BCUT2D eigenvalue weighted by atomic mass is 9.87. The standard InChI is InChI=1S/C23H31N5O5.2H2S/c1-14-19(33-16-7-5-6-15(12-16)21(29)30)9-8-17(24-14)20-18(28(4)26-25-20)13-32-22(31)27(3)23(2)10-11-23;;/h8-9,15-16H,5-7,10-13H2,1-4H3,(H,29,30);2*1H2/t15-,16-;;/m0../s1. The van der Waals surface area contributed by atoms with E-state index in [1.54, 1.807) is 29.7 Å². The number of hydrogen-bond donors (Lipinski definition) is 1. The van der Waals surface area contributed by atoms with Gasteiger partial charge in [0.2, 0.25) is 0 Å². The highest BCUT2D eigenvalue weighted by Gasteiger charge is 2.44. The van der Waals surface area contributed by atoms with Crippen LogP contribution in [0.15, 0.2) is 12.1 Å². The van der Waals surface area contributed by atoms with Crippen LogP contribution in [-0.4, -0.2) is 60.7 Å². The van der Waals surface area contributed by atoms with E-state index in [4.69, 9.17) is 9.47 Å². The molecule has 0 bridgehead atoms. The van der Waals surface area contributed by atoms with Crippen molar-refractivity contribution in [2.75, 3.05) is 7.05 Å². The molecule has 0 aromatic carbocycles. The molecule has 35 heavy (non-hydrogen) atoms. The molecule has 0 aliphatic heterocycles. The largest absolute Gasteiger partial charge is 0.489 e. The Kier molecular flexibility index (Phi) is 9.46. The van der Waals surface area contributed by atoms with Gasteiger partial charge in [0.05, 0.1) is 23.4 Å². The smallest absolute Gasteiger partial charge is 0.410 e. The average molecular weight is 526 g/mol. The van der Waals surface area contributed by atoms with Crippen LogP contribution >= 0.6 is 27.0 Å². The molecule has 0 saturated heterocycles. The average Bonchev–Trinajstić information content (AvgIpc) is 3.44. The third-order valence-electron chi connectivity index (χ3n) is 6.88. The first-order valence-electron chi connectivity index (χ1n) is 11.3. The zero-order valence-electron chi connectivity index (χ0n) is 20.6. The van der Waals surface area contributed by atoms with Crippen LogP contribution in [0.1, 0.15) is 56.8 Å². The van der Waals surface area contributed by atoms with Crippen molar-refractivity contribution in [2.45, 2.75) is 70.6 Å². The van der Waals surface area contributed by atoms with E-state index in [0.717, 1.165) is 25.7 Å². The molecule has 194 valence electrons. The van der Waals surface area contributed by atoms with E-state index in [0.29, 0.717) is 41.4 Å². The molecule has 2 aliphatic carbocycles. The first-order chi connectivity index (χ1) is 15.7. The summed E-state index contributed by atoms with van der Waals surface area (Å²) >= 11 is 0. The highest BCUT2D eigenvalue weighted by Crippen LogP contribution is 2.40. The second-order valence-corrected chi connectivity index (χ2v) is 9.34. The molecule has 2 fully saturated rings. The number of nitrogens with zero attached hydrogens (tertiary/aromatic N) is 5. The molecule has 1 N–H and O–H groups in total. The lowest BCUT2D eigenvalue weighted by Crippen LogP contribution is -2.37. The molecule has 2 atom stereocenters. The molecule has 12 heteroatoms. The number of hydrogen-bond acceptors (Lipinski definition) is 7. The molecular formula is C23H35N5O5S2. The predicted octanol–water partition coefficient (Wildman–Crippen LogP) is 3.55. The first-order valence-corrected chi connectivity index (χ1v) is 11.3. The van der Waals surface area contributed by atoms with Crippen LogP contribution in [0.2, 0.25) is 0 Å². The van der Waals surface area contributed by atoms with Gasteiger partial charge in [-0.2, -0.15) is 27.0 Å². The van der Waals surface area contributed by atoms with Gasteiger partial charge in [-0.25, -0.2) is 14.5 Å². The van der Waals surface area contributed by atoms with E-state index in [-0.39, 0.29) is 57.3 Å². The van der Waals surface area contributed by atoms with E-state index in [9.17, 15) is 14.7 Å². The van der Waals surface area contributed by atoms with Gasteiger partial charge in [-0.15, -0.1) is 5.10 Å². The number of carbonyl (C=O) groups is 2. The molecule has 4 rings (SSSR count). The number of pyridine rings is 1. The summed E-state index contributed by atoms with van der Waals surface area (Å²) < 4.78 is 13.2. The zero-order valence-corrected chi connectivity index (χ0v) is 22.6. The van der Waals surface area contributed by atoms with E-state index in [2.05, 4.69) is 15.3 Å². The Morgan fingerprint density at radius 3 is 2.60 bits per heavy atom. The highest BCUT2D eigenvalue weighted by molar-refractivity contribution is 7.59. The molecular weight excluding hydrogens is 490 g/mol. The maximum Gasteiger partial charge on any atom is 0.410 e. The van der Waals surface area contributed by atoms with Crippen molar-refractivity contribution >= 4 is 39.1 Å². The monoisotopic (exact) mass is 525 g/mol. The summed E-state index contributed by atoms with van der Waals surface area (Å²) in [5, 5.41) is 17.6. The Labute approximate surface area is 219 Å². The Morgan fingerprint density at radius 1 is 1.26 bits per heavy atom. The summed E-state index contributed by atoms with van der Waals surface area (Å²) in [5.74, 6) is -0.490. The Bertz CT molecular complexity index is 1060. The summed E-state index contributed by atoms with van der Waals surface area (Å²) in [6, 6.07) is 3.63. The molecule has 2 aliphatic rings. The van der Waals surface area contributed by atoms with Crippen molar-refractivity contribution in [3.05, 3.63) is 23.5 Å². The van der Waals surface area contributed by atoms with Gasteiger partial charge in [0, 0.05) is 19.6 Å². The van der Waals surface area contributed by atoms with Gasteiger partial charge in [0.25, 0.3) is 0 Å². The van der Waals surface area contributed by atoms with Crippen LogP contribution in [0.4, 0.5) is 4.79 Å². The zero-order chi connectivity index (χ0) is 23.8. The van der Waals surface area contributed by atoms with Gasteiger partial charge in [-0.1, -0.05) is 5.21 Å². The lowest BCUT2D eigenvalue weighted by Gasteiger charge is -2.27. The fourth-order valence-corrected chi connectivity index (χ4v) is 4.16.